The second-order valence-corrected chi connectivity index (χ2v) is 2.30. The number of rotatable bonds is 3. The Morgan fingerprint density at radius 3 is 2.55 bits per heavy atom. The summed E-state index contributed by atoms with van der Waals surface area (Å²) < 4.78 is 0. The molecule has 0 bridgehead atoms. The fourth-order valence-corrected chi connectivity index (χ4v) is 0.501. The number of allylic oxidation sites excluding steroid dienone is 5. The molecular formula is C10H13N. The average Bonchev–Trinajstić information content (AvgIpc) is 2.06. The van der Waals surface area contributed by atoms with Crippen molar-refractivity contribution in [3.63, 3.8) is 0 Å². The molecule has 0 aromatic rings. The van der Waals surface area contributed by atoms with E-state index in [0.29, 0.717) is 5.57 Å². The molecule has 1 nitrogen and oxygen atoms in total. The summed E-state index contributed by atoms with van der Waals surface area (Å²) in [5.41, 5.74) is 1.87. The van der Waals surface area contributed by atoms with E-state index in [1.807, 2.05) is 19.1 Å². The highest BCUT2D eigenvalue weighted by Crippen LogP contribution is 2.00. The third-order valence-corrected chi connectivity index (χ3v) is 1.45. The second-order valence-electron chi connectivity index (χ2n) is 2.30. The van der Waals surface area contributed by atoms with Crippen LogP contribution in [0.4, 0.5) is 0 Å². The van der Waals surface area contributed by atoms with Crippen molar-refractivity contribution in [2.75, 3.05) is 0 Å². The molecular weight excluding hydrogens is 134 g/mol. The Morgan fingerprint density at radius 2 is 2.18 bits per heavy atom. The zero-order chi connectivity index (χ0) is 8.69. The van der Waals surface area contributed by atoms with Gasteiger partial charge in [0.25, 0.3) is 0 Å². The lowest BCUT2D eigenvalue weighted by Gasteiger charge is -1.89. The molecule has 0 saturated heterocycles. The van der Waals surface area contributed by atoms with E-state index in [2.05, 4.69) is 13.5 Å². The van der Waals surface area contributed by atoms with E-state index in [-0.39, 0.29) is 0 Å². The molecule has 0 radical (unpaired) electrons. The Morgan fingerprint density at radius 1 is 1.55 bits per heavy atom. The van der Waals surface area contributed by atoms with Crippen molar-refractivity contribution < 1.29 is 0 Å². The minimum absolute atomic E-state index is 0.609. The zero-order valence-corrected chi connectivity index (χ0v) is 7.09. The van der Waals surface area contributed by atoms with Gasteiger partial charge in [-0.05, 0) is 19.4 Å². The summed E-state index contributed by atoms with van der Waals surface area (Å²) >= 11 is 0. The van der Waals surface area contributed by atoms with Gasteiger partial charge in [-0.1, -0.05) is 31.2 Å². The fourth-order valence-electron chi connectivity index (χ4n) is 0.501. The first-order valence-electron chi connectivity index (χ1n) is 3.64. The third-order valence-electron chi connectivity index (χ3n) is 1.45. The van der Waals surface area contributed by atoms with Crippen LogP contribution < -0.4 is 0 Å². The van der Waals surface area contributed by atoms with E-state index in [1.54, 1.807) is 12.2 Å². The molecule has 0 unspecified atom stereocenters. The minimum Gasteiger partial charge on any atom is -0.192 e. The summed E-state index contributed by atoms with van der Waals surface area (Å²) in [5, 5.41) is 8.49. The Hall–Kier alpha value is -1.29. The Kier molecular flexibility index (Phi) is 4.85. The summed E-state index contributed by atoms with van der Waals surface area (Å²) in [6.07, 6.45) is 6.30. The largest absolute Gasteiger partial charge is 0.192 e. The van der Waals surface area contributed by atoms with E-state index < -0.39 is 0 Å². The Balaban J connectivity index is 4.33. The van der Waals surface area contributed by atoms with Gasteiger partial charge in [0.1, 0.15) is 0 Å². The third kappa shape index (κ3) is 4.16. The maximum atomic E-state index is 8.49. The van der Waals surface area contributed by atoms with Crippen molar-refractivity contribution >= 4 is 0 Å². The number of nitrogens with zero attached hydrogens (tertiary/aromatic N) is 1. The van der Waals surface area contributed by atoms with Crippen LogP contribution in [-0.4, -0.2) is 0 Å². The molecule has 58 valence electrons. The molecule has 0 aliphatic rings. The average molecular weight is 147 g/mol. The molecule has 0 fully saturated rings. The van der Waals surface area contributed by atoms with E-state index in [1.165, 1.54) is 5.57 Å². The van der Waals surface area contributed by atoms with Crippen LogP contribution in [0.25, 0.3) is 0 Å². The summed E-state index contributed by atoms with van der Waals surface area (Å²) in [6, 6.07) is 2.03. The number of hydrogen-bond donors (Lipinski definition) is 0. The van der Waals surface area contributed by atoms with Crippen molar-refractivity contribution in [1.82, 2.24) is 0 Å². The molecule has 0 aromatic carbocycles. The normalized spacial score (nSPS) is 12.5. The fraction of sp³-hybridized carbons (Fsp3) is 0.300. The van der Waals surface area contributed by atoms with Crippen LogP contribution in [0.1, 0.15) is 20.3 Å². The number of hydrogen-bond acceptors (Lipinski definition) is 1. The van der Waals surface area contributed by atoms with Gasteiger partial charge < -0.3 is 0 Å². The van der Waals surface area contributed by atoms with E-state index in [0.717, 1.165) is 6.42 Å². The Labute approximate surface area is 68.3 Å². The van der Waals surface area contributed by atoms with E-state index in [4.69, 9.17) is 5.26 Å². The molecule has 0 saturated carbocycles. The smallest absolute Gasteiger partial charge is 0.0991 e. The number of nitriles is 1. The molecule has 0 heterocycles. The van der Waals surface area contributed by atoms with Gasteiger partial charge in [0.15, 0.2) is 0 Å². The molecule has 0 N–H and O–H groups in total. The Bertz CT molecular complexity index is 226. The first-order valence-corrected chi connectivity index (χ1v) is 3.64. The van der Waals surface area contributed by atoms with Crippen molar-refractivity contribution in [3.8, 4) is 6.07 Å². The van der Waals surface area contributed by atoms with Gasteiger partial charge in [0.05, 0.1) is 11.6 Å². The first kappa shape index (κ1) is 9.71. The van der Waals surface area contributed by atoms with Gasteiger partial charge in [-0.2, -0.15) is 5.26 Å². The lowest BCUT2D eigenvalue weighted by atomic mass is 10.2. The van der Waals surface area contributed by atoms with Crippen molar-refractivity contribution in [3.05, 3.63) is 36.0 Å². The van der Waals surface area contributed by atoms with Crippen LogP contribution in [0.15, 0.2) is 36.0 Å². The molecule has 0 aliphatic carbocycles. The van der Waals surface area contributed by atoms with Crippen LogP contribution in [-0.2, 0) is 0 Å². The molecule has 0 amide bonds. The van der Waals surface area contributed by atoms with Crippen LogP contribution >= 0.6 is 0 Å². The van der Waals surface area contributed by atoms with Crippen molar-refractivity contribution in [1.29, 1.82) is 5.26 Å². The zero-order valence-electron chi connectivity index (χ0n) is 7.09. The summed E-state index contributed by atoms with van der Waals surface area (Å²) in [7, 11) is 0. The lowest BCUT2D eigenvalue weighted by Crippen LogP contribution is -1.71. The highest BCUT2D eigenvalue weighted by Gasteiger charge is 1.84. The molecule has 0 aliphatic heterocycles. The van der Waals surface area contributed by atoms with Crippen molar-refractivity contribution in [2.24, 2.45) is 0 Å². The summed E-state index contributed by atoms with van der Waals surface area (Å²) in [4.78, 5) is 0. The first-order chi connectivity index (χ1) is 5.24. The van der Waals surface area contributed by atoms with Gasteiger partial charge >= 0.3 is 0 Å². The van der Waals surface area contributed by atoms with Gasteiger partial charge in [0, 0.05) is 0 Å². The van der Waals surface area contributed by atoms with Gasteiger partial charge in [-0.3, -0.25) is 0 Å². The van der Waals surface area contributed by atoms with E-state index >= 15 is 0 Å². The lowest BCUT2D eigenvalue weighted by molar-refractivity contribution is 1.10. The van der Waals surface area contributed by atoms with Crippen LogP contribution in [0.2, 0.25) is 0 Å². The summed E-state index contributed by atoms with van der Waals surface area (Å²) in [5.74, 6) is 0. The van der Waals surface area contributed by atoms with E-state index in [9.17, 15) is 0 Å². The van der Waals surface area contributed by atoms with Crippen LogP contribution in [0.3, 0.4) is 0 Å². The molecule has 11 heavy (non-hydrogen) atoms. The molecule has 0 rings (SSSR count). The standard InChI is InChI=1S/C10H13N/c1-4-9(3)6-7-10(5-2)8-11/h5-7H,2,4H2,1,3H3. The van der Waals surface area contributed by atoms with Crippen LogP contribution in [0.5, 0.6) is 0 Å². The molecule has 0 spiro atoms. The van der Waals surface area contributed by atoms with Gasteiger partial charge in [-0.25, -0.2) is 0 Å². The minimum atomic E-state index is 0.609. The summed E-state index contributed by atoms with van der Waals surface area (Å²) in [6.45, 7) is 7.63. The monoisotopic (exact) mass is 147 g/mol. The topological polar surface area (TPSA) is 23.8 Å². The predicted octanol–water partition coefficient (Wildman–Crippen LogP) is 2.98. The predicted molar refractivity (Wildman–Crippen MR) is 47.9 cm³/mol. The van der Waals surface area contributed by atoms with Crippen LogP contribution in [0, 0.1) is 11.3 Å². The molecule has 1 heteroatoms. The van der Waals surface area contributed by atoms with Gasteiger partial charge in [-0.15, -0.1) is 0 Å². The molecule has 0 aromatic heterocycles. The molecule has 0 atom stereocenters. The van der Waals surface area contributed by atoms with Gasteiger partial charge in [0.2, 0.25) is 0 Å². The maximum Gasteiger partial charge on any atom is 0.0991 e. The maximum absolute atomic E-state index is 8.49. The quantitative estimate of drug-likeness (QED) is 0.444. The highest BCUT2D eigenvalue weighted by molar-refractivity contribution is 5.35. The SMILES string of the molecule is C=CC(C#N)=CC=C(C)CC. The second kappa shape index (κ2) is 5.49. The van der Waals surface area contributed by atoms with Crippen molar-refractivity contribution in [2.45, 2.75) is 20.3 Å². The highest BCUT2D eigenvalue weighted by atomic mass is 14.2.